The Balaban J connectivity index is 2.73. The van der Waals surface area contributed by atoms with Crippen LogP contribution in [0.1, 0.15) is 41.0 Å². The number of rotatable bonds is 5. The number of anilines is 1. The van der Waals surface area contributed by atoms with Crippen LogP contribution in [0.3, 0.4) is 0 Å². The van der Waals surface area contributed by atoms with Gasteiger partial charge in [0, 0.05) is 17.3 Å². The minimum Gasteiger partial charge on any atom is -0.493 e. The Bertz CT molecular complexity index is 522. The van der Waals surface area contributed by atoms with Crippen molar-refractivity contribution >= 4 is 23.0 Å². The second kappa shape index (κ2) is 7.18. The molecule has 5 heteroatoms. The molecule has 0 unspecified atom stereocenters. The summed E-state index contributed by atoms with van der Waals surface area (Å²) in [5.41, 5.74) is 1.01. The van der Waals surface area contributed by atoms with Gasteiger partial charge < -0.3 is 20.1 Å². The van der Waals surface area contributed by atoms with E-state index in [0.717, 1.165) is 12.1 Å². The van der Waals surface area contributed by atoms with Crippen LogP contribution >= 0.6 is 12.2 Å². The van der Waals surface area contributed by atoms with Crippen LogP contribution in [0.25, 0.3) is 0 Å². The van der Waals surface area contributed by atoms with Crippen molar-refractivity contribution < 1.29 is 9.47 Å². The van der Waals surface area contributed by atoms with Gasteiger partial charge in [-0.3, -0.25) is 0 Å². The molecule has 4 nitrogen and oxygen atoms in total. The topological polar surface area (TPSA) is 42.5 Å². The summed E-state index contributed by atoms with van der Waals surface area (Å²) in [6.45, 7) is 11.0. The smallest absolute Gasteiger partial charge is 0.171 e. The van der Waals surface area contributed by atoms with E-state index in [1.165, 1.54) is 0 Å². The molecule has 0 saturated carbocycles. The Morgan fingerprint density at radius 1 is 1.05 bits per heavy atom. The van der Waals surface area contributed by atoms with Crippen LogP contribution in [0.15, 0.2) is 18.2 Å². The summed E-state index contributed by atoms with van der Waals surface area (Å²) in [5.74, 6) is 1.37. The van der Waals surface area contributed by atoms with E-state index in [4.69, 9.17) is 21.7 Å². The summed E-state index contributed by atoms with van der Waals surface area (Å²) in [6.07, 6.45) is 1.01. The molecule has 0 saturated heterocycles. The molecule has 0 fully saturated rings. The van der Waals surface area contributed by atoms with Gasteiger partial charge in [0.1, 0.15) is 0 Å². The predicted octanol–water partition coefficient (Wildman–Crippen LogP) is 4.21. The molecule has 0 aliphatic heterocycles. The minimum absolute atomic E-state index is 0.0844. The number of hydrogen-bond donors (Lipinski definition) is 2. The summed E-state index contributed by atoms with van der Waals surface area (Å²) in [6, 6.07) is 5.62. The number of ether oxygens (including phenoxy) is 2. The van der Waals surface area contributed by atoms with Gasteiger partial charge in [-0.25, -0.2) is 0 Å². The number of thiocarbonyl (C=S) groups is 1. The molecule has 0 spiro atoms. The van der Waals surface area contributed by atoms with Gasteiger partial charge in [0.2, 0.25) is 0 Å². The maximum Gasteiger partial charge on any atom is 0.171 e. The van der Waals surface area contributed by atoms with E-state index in [-0.39, 0.29) is 11.0 Å². The maximum absolute atomic E-state index is 5.42. The first-order valence-electron chi connectivity index (χ1n) is 7.37. The third-order valence-electron chi connectivity index (χ3n) is 3.07. The van der Waals surface area contributed by atoms with E-state index >= 15 is 0 Å². The van der Waals surface area contributed by atoms with Crippen molar-refractivity contribution in [1.29, 1.82) is 0 Å². The Morgan fingerprint density at radius 3 is 2.14 bits per heavy atom. The summed E-state index contributed by atoms with van der Waals surface area (Å²) < 4.78 is 10.5. The van der Waals surface area contributed by atoms with E-state index in [2.05, 4.69) is 45.3 Å². The van der Waals surface area contributed by atoms with Crippen molar-refractivity contribution in [1.82, 2.24) is 5.32 Å². The second-order valence-corrected chi connectivity index (χ2v) is 7.68. The maximum atomic E-state index is 5.42. The van der Waals surface area contributed by atoms with Crippen LogP contribution in [0.5, 0.6) is 11.5 Å². The standard InChI is InChI=1S/C17H28N2O2S/c1-16(2,3)11-17(4,5)19-15(22)18-12-8-9-13(20-6)14(10-12)21-7/h8-10H,11H2,1-7H3,(H2,18,19,22). The van der Waals surface area contributed by atoms with E-state index in [0.29, 0.717) is 16.6 Å². The molecule has 0 atom stereocenters. The fraction of sp³-hybridized carbons (Fsp3) is 0.588. The van der Waals surface area contributed by atoms with Gasteiger partial charge in [-0.2, -0.15) is 0 Å². The molecule has 0 bridgehead atoms. The van der Waals surface area contributed by atoms with Gasteiger partial charge in [0.05, 0.1) is 14.2 Å². The lowest BCUT2D eigenvalue weighted by molar-refractivity contribution is 0.268. The van der Waals surface area contributed by atoms with Crippen molar-refractivity contribution in [2.24, 2.45) is 5.41 Å². The summed E-state index contributed by atoms with van der Waals surface area (Å²) in [7, 11) is 3.23. The zero-order valence-corrected chi connectivity index (χ0v) is 15.5. The van der Waals surface area contributed by atoms with Crippen LogP contribution in [0, 0.1) is 5.41 Å². The molecule has 1 aromatic rings. The summed E-state index contributed by atoms with van der Waals surface area (Å²) in [4.78, 5) is 0. The molecule has 1 rings (SSSR count). The first-order chi connectivity index (χ1) is 10.1. The number of benzene rings is 1. The van der Waals surface area contributed by atoms with Crippen LogP contribution < -0.4 is 20.1 Å². The monoisotopic (exact) mass is 324 g/mol. The molecule has 1 aromatic carbocycles. The van der Waals surface area contributed by atoms with E-state index in [1.807, 2.05) is 18.2 Å². The molecule has 0 radical (unpaired) electrons. The Kier molecular flexibility index (Phi) is 6.06. The lowest BCUT2D eigenvalue weighted by Crippen LogP contribution is -2.47. The molecular formula is C17H28N2O2S. The van der Waals surface area contributed by atoms with Crippen molar-refractivity contribution in [3.8, 4) is 11.5 Å². The van der Waals surface area contributed by atoms with Crippen molar-refractivity contribution in [3.05, 3.63) is 18.2 Å². The molecule has 0 aliphatic carbocycles. The first kappa shape index (κ1) is 18.6. The Hall–Kier alpha value is -1.49. The molecule has 124 valence electrons. The van der Waals surface area contributed by atoms with Crippen LogP contribution in [-0.2, 0) is 0 Å². The highest BCUT2D eigenvalue weighted by molar-refractivity contribution is 7.80. The number of nitrogens with one attached hydrogen (secondary N) is 2. The zero-order chi connectivity index (χ0) is 17.0. The summed E-state index contributed by atoms with van der Waals surface area (Å²) in [5, 5.41) is 7.17. The molecule has 22 heavy (non-hydrogen) atoms. The van der Waals surface area contributed by atoms with Gasteiger partial charge >= 0.3 is 0 Å². The molecule has 0 heterocycles. The molecular weight excluding hydrogens is 296 g/mol. The van der Waals surface area contributed by atoms with Crippen LogP contribution in [0.4, 0.5) is 5.69 Å². The lowest BCUT2D eigenvalue weighted by Gasteiger charge is -2.34. The van der Waals surface area contributed by atoms with Gasteiger partial charge in [0.15, 0.2) is 16.6 Å². The predicted molar refractivity (Wildman–Crippen MR) is 97.1 cm³/mol. The highest BCUT2D eigenvalue weighted by atomic mass is 32.1. The highest BCUT2D eigenvalue weighted by Gasteiger charge is 2.26. The number of hydrogen-bond acceptors (Lipinski definition) is 3. The third kappa shape index (κ3) is 6.10. The van der Waals surface area contributed by atoms with Gasteiger partial charge in [-0.05, 0) is 50.0 Å². The van der Waals surface area contributed by atoms with Gasteiger partial charge in [-0.15, -0.1) is 0 Å². The van der Waals surface area contributed by atoms with E-state index in [9.17, 15) is 0 Å². The quantitative estimate of drug-likeness (QED) is 0.794. The van der Waals surface area contributed by atoms with Crippen molar-refractivity contribution in [3.63, 3.8) is 0 Å². The fourth-order valence-electron chi connectivity index (χ4n) is 2.75. The average Bonchev–Trinajstić information content (AvgIpc) is 2.34. The van der Waals surface area contributed by atoms with Gasteiger partial charge in [0.25, 0.3) is 0 Å². The normalized spacial score (nSPS) is 11.8. The van der Waals surface area contributed by atoms with E-state index < -0.39 is 0 Å². The first-order valence-corrected chi connectivity index (χ1v) is 7.78. The average molecular weight is 324 g/mol. The summed E-state index contributed by atoms with van der Waals surface area (Å²) >= 11 is 5.42. The molecule has 0 aromatic heterocycles. The Labute approximate surface area is 139 Å². The van der Waals surface area contributed by atoms with E-state index in [1.54, 1.807) is 14.2 Å². The minimum atomic E-state index is -0.0844. The van der Waals surface area contributed by atoms with Crippen LogP contribution in [-0.4, -0.2) is 24.9 Å². The van der Waals surface area contributed by atoms with Crippen LogP contribution in [0.2, 0.25) is 0 Å². The third-order valence-corrected chi connectivity index (χ3v) is 3.27. The molecule has 2 N–H and O–H groups in total. The lowest BCUT2D eigenvalue weighted by atomic mass is 9.82. The van der Waals surface area contributed by atoms with Crippen molar-refractivity contribution in [2.45, 2.75) is 46.6 Å². The largest absolute Gasteiger partial charge is 0.493 e. The van der Waals surface area contributed by atoms with Gasteiger partial charge in [-0.1, -0.05) is 20.8 Å². The fourth-order valence-corrected chi connectivity index (χ4v) is 3.15. The molecule has 0 aliphatic rings. The Morgan fingerprint density at radius 2 is 1.64 bits per heavy atom. The highest BCUT2D eigenvalue weighted by Crippen LogP contribution is 2.30. The zero-order valence-electron chi connectivity index (χ0n) is 14.7. The second-order valence-electron chi connectivity index (χ2n) is 7.27. The number of methoxy groups -OCH3 is 2. The molecule has 0 amide bonds. The SMILES string of the molecule is COc1ccc(NC(=S)NC(C)(C)CC(C)(C)C)cc1OC. The van der Waals surface area contributed by atoms with Crippen molar-refractivity contribution in [2.75, 3.05) is 19.5 Å².